The van der Waals surface area contributed by atoms with E-state index in [9.17, 15) is 8.42 Å². The first kappa shape index (κ1) is 11.7. The summed E-state index contributed by atoms with van der Waals surface area (Å²) < 4.78 is 24.6. The summed E-state index contributed by atoms with van der Waals surface area (Å²) in [7, 11) is -3.26. The zero-order valence-corrected chi connectivity index (χ0v) is 10.2. The van der Waals surface area contributed by atoms with Crippen LogP contribution in [0.1, 0.15) is 0 Å². The first-order valence-electron chi connectivity index (χ1n) is 5.09. The fourth-order valence-corrected chi connectivity index (χ4v) is 2.05. The molecule has 2 aromatic rings. The Balaban J connectivity index is 2.36. The van der Waals surface area contributed by atoms with Crippen LogP contribution in [0.5, 0.6) is 0 Å². The third kappa shape index (κ3) is 3.32. The van der Waals surface area contributed by atoms with Gasteiger partial charge in [0.2, 0.25) is 10.0 Å². The van der Waals surface area contributed by atoms with Crippen molar-refractivity contribution in [3.8, 4) is 11.1 Å². The fourth-order valence-electron chi connectivity index (χ4n) is 1.54. The van der Waals surface area contributed by atoms with Gasteiger partial charge in [0.05, 0.1) is 11.9 Å². The van der Waals surface area contributed by atoms with Crippen molar-refractivity contribution < 1.29 is 8.42 Å². The highest BCUT2D eigenvalue weighted by Gasteiger charge is 2.03. The molecule has 2 rings (SSSR count). The van der Waals surface area contributed by atoms with Crippen molar-refractivity contribution in [1.29, 1.82) is 0 Å². The number of benzene rings is 2. The van der Waals surface area contributed by atoms with Gasteiger partial charge < -0.3 is 0 Å². The van der Waals surface area contributed by atoms with Gasteiger partial charge in [-0.05, 0) is 17.2 Å². The van der Waals surface area contributed by atoms with E-state index in [0.29, 0.717) is 5.69 Å². The second-order valence-corrected chi connectivity index (χ2v) is 5.48. The van der Waals surface area contributed by atoms with Crippen molar-refractivity contribution in [3.05, 3.63) is 54.6 Å². The molecule has 3 nitrogen and oxygen atoms in total. The molecule has 0 aliphatic heterocycles. The van der Waals surface area contributed by atoms with Crippen LogP contribution in [0, 0.1) is 6.07 Å². The molecule has 0 spiro atoms. The lowest BCUT2D eigenvalue weighted by atomic mass is 10.1. The van der Waals surface area contributed by atoms with E-state index in [1.807, 2.05) is 36.4 Å². The lowest BCUT2D eigenvalue weighted by Gasteiger charge is -2.06. The lowest BCUT2D eigenvalue weighted by Crippen LogP contribution is -2.09. The third-order valence-electron chi connectivity index (χ3n) is 2.20. The SMILES string of the molecule is CS(=O)(=O)Nc1[c]ccc(-c2ccccc2)c1. The smallest absolute Gasteiger partial charge is 0.229 e. The maximum atomic E-state index is 11.1. The van der Waals surface area contributed by atoms with Crippen LogP contribution in [-0.4, -0.2) is 14.7 Å². The van der Waals surface area contributed by atoms with Crippen LogP contribution in [0.4, 0.5) is 5.69 Å². The maximum Gasteiger partial charge on any atom is 0.229 e. The third-order valence-corrected chi connectivity index (χ3v) is 2.79. The van der Waals surface area contributed by atoms with Crippen LogP contribution >= 0.6 is 0 Å². The van der Waals surface area contributed by atoms with E-state index in [0.717, 1.165) is 17.4 Å². The van der Waals surface area contributed by atoms with Gasteiger partial charge in [-0.15, -0.1) is 0 Å². The molecule has 0 aromatic heterocycles. The highest BCUT2D eigenvalue weighted by molar-refractivity contribution is 7.92. The van der Waals surface area contributed by atoms with E-state index in [1.54, 1.807) is 12.1 Å². The van der Waals surface area contributed by atoms with Gasteiger partial charge in [0, 0.05) is 6.07 Å². The second kappa shape index (κ2) is 4.59. The number of nitrogens with one attached hydrogen (secondary N) is 1. The monoisotopic (exact) mass is 246 g/mol. The number of anilines is 1. The second-order valence-electron chi connectivity index (χ2n) is 3.73. The van der Waals surface area contributed by atoms with E-state index in [2.05, 4.69) is 10.8 Å². The predicted molar refractivity (Wildman–Crippen MR) is 69.2 cm³/mol. The van der Waals surface area contributed by atoms with Crippen LogP contribution in [0.2, 0.25) is 0 Å². The minimum Gasteiger partial charge on any atom is -0.283 e. The molecule has 0 unspecified atom stereocenters. The minimum atomic E-state index is -3.26. The van der Waals surface area contributed by atoms with Gasteiger partial charge in [0.1, 0.15) is 0 Å². The van der Waals surface area contributed by atoms with Crippen molar-refractivity contribution in [3.63, 3.8) is 0 Å². The maximum absolute atomic E-state index is 11.1. The predicted octanol–water partition coefficient (Wildman–Crippen LogP) is 2.53. The summed E-state index contributed by atoms with van der Waals surface area (Å²) in [5, 5.41) is 0. The first-order chi connectivity index (χ1) is 8.04. The van der Waals surface area contributed by atoms with Crippen LogP contribution in [-0.2, 0) is 10.0 Å². The Hall–Kier alpha value is -1.81. The molecule has 4 heteroatoms. The van der Waals surface area contributed by atoms with Crippen LogP contribution in [0.25, 0.3) is 11.1 Å². The lowest BCUT2D eigenvalue weighted by molar-refractivity contribution is 0.607. The average Bonchev–Trinajstić information content (AvgIpc) is 2.28. The molecule has 0 bridgehead atoms. The van der Waals surface area contributed by atoms with Gasteiger partial charge in [0.25, 0.3) is 0 Å². The molecule has 2 aromatic carbocycles. The van der Waals surface area contributed by atoms with Crippen molar-refractivity contribution in [2.75, 3.05) is 11.0 Å². The fraction of sp³-hybridized carbons (Fsp3) is 0.0769. The van der Waals surface area contributed by atoms with E-state index in [4.69, 9.17) is 0 Å². The molecule has 87 valence electrons. The summed E-state index contributed by atoms with van der Waals surface area (Å²) in [4.78, 5) is 0. The Labute approximate surface area is 101 Å². The number of sulfonamides is 1. The Bertz CT molecular complexity index is 606. The van der Waals surface area contributed by atoms with Crippen molar-refractivity contribution in [1.82, 2.24) is 0 Å². The molecule has 1 N–H and O–H groups in total. The summed E-state index contributed by atoms with van der Waals surface area (Å²) in [5.41, 5.74) is 2.45. The molecule has 0 atom stereocenters. The molecule has 1 radical (unpaired) electrons. The molecule has 0 aliphatic rings. The van der Waals surface area contributed by atoms with Gasteiger partial charge in [-0.3, -0.25) is 4.72 Å². The summed E-state index contributed by atoms with van der Waals surface area (Å²) >= 11 is 0. The van der Waals surface area contributed by atoms with Gasteiger partial charge in [-0.1, -0.05) is 42.5 Å². The molecule has 0 saturated heterocycles. The van der Waals surface area contributed by atoms with Gasteiger partial charge >= 0.3 is 0 Å². The highest BCUT2D eigenvalue weighted by atomic mass is 32.2. The standard InChI is InChI=1S/C13H12NO2S/c1-17(15,16)14-13-9-5-8-12(10-13)11-6-3-2-4-7-11/h2-8,10,14H,1H3. The number of hydrogen-bond acceptors (Lipinski definition) is 2. The summed E-state index contributed by atoms with van der Waals surface area (Å²) in [6.07, 6.45) is 1.12. The van der Waals surface area contributed by atoms with E-state index in [-0.39, 0.29) is 0 Å². The minimum absolute atomic E-state index is 0.453. The quantitative estimate of drug-likeness (QED) is 0.904. The molecule has 0 heterocycles. The summed E-state index contributed by atoms with van der Waals surface area (Å²) in [6, 6.07) is 18.0. The molecule has 0 aliphatic carbocycles. The van der Waals surface area contributed by atoms with Crippen LogP contribution in [0.15, 0.2) is 48.5 Å². The molecule has 0 saturated carbocycles. The Kier molecular flexibility index (Phi) is 3.15. The molecular weight excluding hydrogens is 234 g/mol. The number of rotatable bonds is 3. The van der Waals surface area contributed by atoms with E-state index in [1.165, 1.54) is 0 Å². The van der Waals surface area contributed by atoms with E-state index < -0.39 is 10.0 Å². The van der Waals surface area contributed by atoms with E-state index >= 15 is 0 Å². The largest absolute Gasteiger partial charge is 0.283 e. The zero-order chi connectivity index (χ0) is 12.3. The normalized spacial score (nSPS) is 11.1. The van der Waals surface area contributed by atoms with Crippen LogP contribution < -0.4 is 4.72 Å². The van der Waals surface area contributed by atoms with Crippen molar-refractivity contribution >= 4 is 15.7 Å². The van der Waals surface area contributed by atoms with Crippen molar-refractivity contribution in [2.45, 2.75) is 0 Å². The zero-order valence-electron chi connectivity index (χ0n) is 9.34. The summed E-state index contributed by atoms with van der Waals surface area (Å²) in [6.45, 7) is 0. The van der Waals surface area contributed by atoms with Crippen LogP contribution in [0.3, 0.4) is 0 Å². The average molecular weight is 246 g/mol. The first-order valence-corrected chi connectivity index (χ1v) is 6.99. The Morgan fingerprint density at radius 2 is 1.76 bits per heavy atom. The van der Waals surface area contributed by atoms with Gasteiger partial charge in [0.15, 0.2) is 0 Å². The molecule has 0 amide bonds. The molecular formula is C13H12NO2S. The van der Waals surface area contributed by atoms with Gasteiger partial charge in [-0.25, -0.2) is 8.42 Å². The topological polar surface area (TPSA) is 46.2 Å². The molecule has 17 heavy (non-hydrogen) atoms. The number of hydrogen-bond donors (Lipinski definition) is 1. The highest BCUT2D eigenvalue weighted by Crippen LogP contribution is 2.22. The van der Waals surface area contributed by atoms with Gasteiger partial charge in [-0.2, -0.15) is 0 Å². The Morgan fingerprint density at radius 1 is 1.06 bits per heavy atom. The van der Waals surface area contributed by atoms with Crippen molar-refractivity contribution in [2.24, 2.45) is 0 Å². The Morgan fingerprint density at radius 3 is 2.41 bits per heavy atom. The molecule has 0 fully saturated rings. The summed E-state index contributed by atoms with van der Waals surface area (Å²) in [5.74, 6) is 0.